The van der Waals surface area contributed by atoms with E-state index in [-0.39, 0.29) is 11.3 Å². The molecule has 0 aliphatic carbocycles. The summed E-state index contributed by atoms with van der Waals surface area (Å²) in [6.07, 6.45) is 3.52. The van der Waals surface area contributed by atoms with Crippen LogP contribution in [0.5, 0.6) is 0 Å². The lowest BCUT2D eigenvalue weighted by atomic mass is 9.89. The summed E-state index contributed by atoms with van der Waals surface area (Å²) in [5, 5.41) is 12.7. The number of nitrogens with one attached hydrogen (secondary N) is 1. The van der Waals surface area contributed by atoms with Crippen molar-refractivity contribution in [2.45, 2.75) is 59.6 Å². The number of carbonyl (C=O) groups excluding carboxylic acids is 1. The van der Waals surface area contributed by atoms with Gasteiger partial charge in [0.05, 0.1) is 6.10 Å². The molecular formula is C15H27N3O2. The predicted octanol–water partition coefficient (Wildman–Crippen LogP) is 1.92. The Kier molecular flexibility index (Phi) is 5.74. The minimum Gasteiger partial charge on any atom is -0.391 e. The fourth-order valence-corrected chi connectivity index (χ4v) is 1.84. The van der Waals surface area contributed by atoms with Gasteiger partial charge in [0, 0.05) is 37.8 Å². The molecular weight excluding hydrogens is 254 g/mol. The van der Waals surface area contributed by atoms with Gasteiger partial charge >= 0.3 is 0 Å². The van der Waals surface area contributed by atoms with Crippen LogP contribution in [-0.2, 0) is 11.3 Å². The molecule has 0 saturated heterocycles. The van der Waals surface area contributed by atoms with Crippen LogP contribution >= 0.6 is 0 Å². The summed E-state index contributed by atoms with van der Waals surface area (Å²) in [5.74, 6) is 1.29. The molecule has 0 aromatic carbocycles. The molecule has 0 radical (unpaired) electrons. The Morgan fingerprint density at radius 3 is 2.65 bits per heavy atom. The number of imidazole rings is 1. The van der Waals surface area contributed by atoms with Gasteiger partial charge in [0.25, 0.3) is 0 Å². The number of aryl methyl sites for hydroxylation is 1. The molecule has 1 amide bonds. The molecule has 1 rings (SSSR count). The van der Waals surface area contributed by atoms with Crippen LogP contribution in [0, 0.1) is 5.41 Å². The molecule has 114 valence electrons. The fraction of sp³-hybridized carbons (Fsp3) is 0.733. The van der Waals surface area contributed by atoms with E-state index >= 15 is 0 Å². The van der Waals surface area contributed by atoms with Crippen molar-refractivity contribution in [1.29, 1.82) is 0 Å². The number of hydrogen-bond donors (Lipinski definition) is 2. The van der Waals surface area contributed by atoms with E-state index < -0.39 is 6.10 Å². The van der Waals surface area contributed by atoms with E-state index in [1.807, 2.05) is 31.5 Å². The summed E-state index contributed by atoms with van der Waals surface area (Å²) in [5.41, 5.74) is -0.220. The molecule has 0 aliphatic rings. The molecule has 0 bridgehead atoms. The molecule has 2 N–H and O–H groups in total. The second-order valence-corrected chi connectivity index (χ2v) is 6.57. The minimum absolute atomic E-state index is 0.0447. The largest absolute Gasteiger partial charge is 0.391 e. The summed E-state index contributed by atoms with van der Waals surface area (Å²) in [6.45, 7) is 10.9. The Morgan fingerprint density at radius 2 is 2.10 bits per heavy atom. The van der Waals surface area contributed by atoms with Crippen molar-refractivity contribution in [1.82, 2.24) is 14.9 Å². The second kappa shape index (κ2) is 6.88. The van der Waals surface area contributed by atoms with E-state index in [4.69, 9.17) is 0 Å². The lowest BCUT2D eigenvalue weighted by Crippen LogP contribution is -2.39. The van der Waals surface area contributed by atoms with Gasteiger partial charge < -0.3 is 15.0 Å². The van der Waals surface area contributed by atoms with Gasteiger partial charge in [-0.25, -0.2) is 4.98 Å². The maximum absolute atomic E-state index is 11.8. The van der Waals surface area contributed by atoms with Crippen molar-refractivity contribution >= 4 is 5.91 Å². The molecule has 0 spiro atoms. The van der Waals surface area contributed by atoms with Crippen LogP contribution in [0.15, 0.2) is 12.4 Å². The summed E-state index contributed by atoms with van der Waals surface area (Å²) < 4.78 is 2.00. The zero-order valence-electron chi connectivity index (χ0n) is 13.2. The predicted molar refractivity (Wildman–Crippen MR) is 79.4 cm³/mol. The van der Waals surface area contributed by atoms with Gasteiger partial charge in [0.15, 0.2) is 0 Å². The van der Waals surface area contributed by atoms with Crippen molar-refractivity contribution < 1.29 is 9.90 Å². The van der Waals surface area contributed by atoms with Crippen LogP contribution < -0.4 is 5.32 Å². The van der Waals surface area contributed by atoms with E-state index in [9.17, 15) is 9.90 Å². The highest BCUT2D eigenvalue weighted by Gasteiger charge is 2.22. The minimum atomic E-state index is -0.536. The highest BCUT2D eigenvalue weighted by atomic mass is 16.3. The molecule has 1 atom stereocenters. The van der Waals surface area contributed by atoms with Crippen LogP contribution in [0.3, 0.4) is 0 Å². The zero-order valence-corrected chi connectivity index (χ0v) is 13.2. The molecule has 5 heteroatoms. The lowest BCUT2D eigenvalue weighted by Gasteiger charge is -2.25. The zero-order chi connectivity index (χ0) is 15.3. The molecule has 5 nitrogen and oxygen atoms in total. The van der Waals surface area contributed by atoms with Crippen molar-refractivity contribution in [2.75, 3.05) is 6.54 Å². The third-order valence-corrected chi connectivity index (χ3v) is 3.34. The maximum Gasteiger partial charge on any atom is 0.221 e. The van der Waals surface area contributed by atoms with Gasteiger partial charge in [0.1, 0.15) is 5.82 Å². The molecule has 20 heavy (non-hydrogen) atoms. The van der Waals surface area contributed by atoms with Gasteiger partial charge in [-0.15, -0.1) is 0 Å². The third-order valence-electron chi connectivity index (χ3n) is 3.34. The van der Waals surface area contributed by atoms with Crippen molar-refractivity contribution in [3.8, 4) is 0 Å². The Balaban J connectivity index is 2.39. The lowest BCUT2D eigenvalue weighted by molar-refractivity contribution is -0.122. The number of aliphatic hydroxyl groups is 1. The summed E-state index contributed by atoms with van der Waals surface area (Å²) in [6, 6.07) is 0. The molecule has 1 heterocycles. The monoisotopic (exact) mass is 281 g/mol. The van der Waals surface area contributed by atoms with Gasteiger partial charge in [0.2, 0.25) is 5.91 Å². The van der Waals surface area contributed by atoms with Gasteiger partial charge in [-0.2, -0.15) is 0 Å². The summed E-state index contributed by atoms with van der Waals surface area (Å²) >= 11 is 0. The van der Waals surface area contributed by atoms with Crippen LogP contribution in [0.1, 0.15) is 52.8 Å². The first kappa shape index (κ1) is 16.7. The standard InChI is InChI=1S/C15H27N3O2/c1-11(2)14-16-7-9-18(14)8-6-13(20)17-10-12(19)15(3,4)5/h7,9,11-12,19H,6,8,10H2,1-5H3,(H,17,20). The van der Waals surface area contributed by atoms with Crippen molar-refractivity contribution in [2.24, 2.45) is 5.41 Å². The maximum atomic E-state index is 11.8. The first-order valence-corrected chi connectivity index (χ1v) is 7.17. The Bertz CT molecular complexity index is 433. The third kappa shape index (κ3) is 4.96. The van der Waals surface area contributed by atoms with E-state index in [1.54, 1.807) is 6.20 Å². The number of aliphatic hydroxyl groups excluding tert-OH is 1. The van der Waals surface area contributed by atoms with Crippen molar-refractivity contribution in [3.63, 3.8) is 0 Å². The number of hydrogen-bond acceptors (Lipinski definition) is 3. The fourth-order valence-electron chi connectivity index (χ4n) is 1.84. The van der Waals surface area contributed by atoms with Gasteiger partial charge in [-0.05, 0) is 5.41 Å². The molecule has 0 aliphatic heterocycles. The quantitative estimate of drug-likeness (QED) is 0.837. The van der Waals surface area contributed by atoms with Crippen LogP contribution in [0.4, 0.5) is 0 Å². The van der Waals surface area contributed by atoms with Crippen LogP contribution in [0.25, 0.3) is 0 Å². The highest BCUT2D eigenvalue weighted by Crippen LogP contribution is 2.18. The average Bonchev–Trinajstić information content (AvgIpc) is 2.80. The van der Waals surface area contributed by atoms with E-state index in [0.29, 0.717) is 25.4 Å². The first-order valence-electron chi connectivity index (χ1n) is 7.17. The Morgan fingerprint density at radius 1 is 1.45 bits per heavy atom. The second-order valence-electron chi connectivity index (χ2n) is 6.57. The number of rotatable bonds is 6. The summed E-state index contributed by atoms with van der Waals surface area (Å²) in [4.78, 5) is 16.1. The van der Waals surface area contributed by atoms with E-state index in [2.05, 4.69) is 24.1 Å². The SMILES string of the molecule is CC(C)c1nccn1CCC(=O)NCC(O)C(C)(C)C. The normalized spacial score (nSPS) is 13.6. The first-order chi connectivity index (χ1) is 9.21. The number of aromatic nitrogens is 2. The molecule has 1 aromatic rings. The number of nitrogens with zero attached hydrogens (tertiary/aromatic N) is 2. The van der Waals surface area contributed by atoms with Crippen molar-refractivity contribution in [3.05, 3.63) is 18.2 Å². The number of carbonyl (C=O) groups is 1. The number of amides is 1. The van der Waals surface area contributed by atoms with E-state index in [0.717, 1.165) is 5.82 Å². The van der Waals surface area contributed by atoms with E-state index in [1.165, 1.54) is 0 Å². The molecule has 1 aromatic heterocycles. The Hall–Kier alpha value is -1.36. The van der Waals surface area contributed by atoms with Gasteiger partial charge in [-0.3, -0.25) is 4.79 Å². The van der Waals surface area contributed by atoms with Crippen LogP contribution in [0.2, 0.25) is 0 Å². The van der Waals surface area contributed by atoms with Gasteiger partial charge in [-0.1, -0.05) is 34.6 Å². The van der Waals surface area contributed by atoms with Crippen LogP contribution in [-0.4, -0.2) is 33.2 Å². The highest BCUT2D eigenvalue weighted by molar-refractivity contribution is 5.75. The molecule has 0 saturated carbocycles. The smallest absolute Gasteiger partial charge is 0.221 e. The summed E-state index contributed by atoms with van der Waals surface area (Å²) in [7, 11) is 0. The topological polar surface area (TPSA) is 67.2 Å². The Labute approximate surface area is 121 Å². The molecule has 0 fully saturated rings. The molecule has 1 unspecified atom stereocenters. The average molecular weight is 281 g/mol.